The second-order valence-electron chi connectivity index (χ2n) is 10.3. The van der Waals surface area contributed by atoms with Crippen molar-refractivity contribution in [3.05, 3.63) is 12.2 Å². The van der Waals surface area contributed by atoms with E-state index >= 15 is 0 Å². The molecule has 168 valence electrons. The van der Waals surface area contributed by atoms with Gasteiger partial charge in [0, 0.05) is 12.3 Å². The molecule has 1 aromatic rings. The smallest absolute Gasteiger partial charge is 0.299 e. The van der Waals surface area contributed by atoms with Crippen LogP contribution in [0.1, 0.15) is 77.5 Å². The number of fused-ring (bicyclic) bond motifs is 3. The zero-order valence-corrected chi connectivity index (χ0v) is 18.0. The highest BCUT2D eigenvalue weighted by molar-refractivity contribution is 5.83. The van der Waals surface area contributed by atoms with Gasteiger partial charge in [-0.1, -0.05) is 26.7 Å². The van der Waals surface area contributed by atoms with Gasteiger partial charge in [-0.05, 0) is 73.5 Å². The van der Waals surface area contributed by atoms with Gasteiger partial charge in [-0.3, -0.25) is 9.89 Å². The first-order chi connectivity index (χ1) is 14.2. The van der Waals surface area contributed by atoms with Crippen molar-refractivity contribution in [1.29, 1.82) is 0 Å². The fraction of sp³-hybridized carbons (Fsp3) is 0.870. The summed E-state index contributed by atoms with van der Waals surface area (Å²) in [5.41, 5.74) is -0.0219. The molecule has 0 bridgehead atoms. The average Bonchev–Trinajstić information content (AvgIpc) is 3.29. The van der Waals surface area contributed by atoms with Crippen LogP contribution in [0.25, 0.3) is 0 Å². The Labute approximate surface area is 176 Å². The molecule has 1 aromatic heterocycles. The van der Waals surface area contributed by atoms with Crippen molar-refractivity contribution < 1.29 is 18.0 Å². The third-order valence-electron chi connectivity index (χ3n) is 8.83. The molecule has 3 aliphatic rings. The lowest BCUT2D eigenvalue weighted by Gasteiger charge is -2.54. The Bertz CT molecular complexity index is 735. The van der Waals surface area contributed by atoms with E-state index in [1.54, 1.807) is 0 Å². The van der Waals surface area contributed by atoms with E-state index in [1.807, 2.05) is 0 Å². The lowest BCUT2D eigenvalue weighted by Crippen LogP contribution is -2.49. The molecule has 1 N–H and O–H groups in total. The van der Waals surface area contributed by atoms with E-state index in [2.05, 4.69) is 29.0 Å². The number of hydrogen-bond donors (Lipinski definition) is 1. The zero-order valence-electron chi connectivity index (χ0n) is 18.0. The molecule has 4 nitrogen and oxygen atoms in total. The number of carbonyl (C=O) groups is 1. The van der Waals surface area contributed by atoms with Gasteiger partial charge in [-0.2, -0.15) is 18.3 Å². The van der Waals surface area contributed by atoms with E-state index in [4.69, 9.17) is 0 Å². The molecule has 0 amide bonds. The van der Waals surface area contributed by atoms with Gasteiger partial charge in [0.25, 0.3) is 0 Å². The summed E-state index contributed by atoms with van der Waals surface area (Å²) < 4.78 is 39.6. The summed E-state index contributed by atoms with van der Waals surface area (Å²) in [5.74, 6) is 2.20. The summed E-state index contributed by atoms with van der Waals surface area (Å²) in [7, 11) is 0. The maximum absolute atomic E-state index is 13.2. The van der Waals surface area contributed by atoms with Crippen LogP contribution in [0.4, 0.5) is 13.2 Å². The first-order valence-electron chi connectivity index (χ1n) is 11.7. The zero-order chi connectivity index (χ0) is 21.5. The van der Waals surface area contributed by atoms with E-state index in [0.29, 0.717) is 36.4 Å². The largest absolute Gasteiger partial charge is 0.389 e. The van der Waals surface area contributed by atoms with Gasteiger partial charge in [-0.15, -0.1) is 0 Å². The van der Waals surface area contributed by atoms with Crippen LogP contribution in [0.2, 0.25) is 0 Å². The Kier molecular flexibility index (Phi) is 6.01. The summed E-state index contributed by atoms with van der Waals surface area (Å²) >= 11 is 0. The number of nitrogens with one attached hydrogen (secondary N) is 1. The molecule has 30 heavy (non-hydrogen) atoms. The highest BCUT2D eigenvalue weighted by Gasteiger charge is 2.58. The highest BCUT2D eigenvalue weighted by Crippen LogP contribution is 2.64. The van der Waals surface area contributed by atoms with Crippen LogP contribution in [0, 0.1) is 40.9 Å². The molecule has 1 heterocycles. The van der Waals surface area contributed by atoms with Crippen LogP contribution in [0.15, 0.2) is 6.33 Å². The van der Waals surface area contributed by atoms with E-state index in [1.165, 1.54) is 6.33 Å². The summed E-state index contributed by atoms with van der Waals surface area (Å²) in [6.45, 7) is 4.37. The fourth-order valence-electron chi connectivity index (χ4n) is 7.70. The molecule has 0 spiro atoms. The van der Waals surface area contributed by atoms with E-state index < -0.39 is 12.6 Å². The van der Waals surface area contributed by atoms with Crippen molar-refractivity contribution in [1.82, 2.24) is 15.2 Å². The Morgan fingerprint density at radius 1 is 1.20 bits per heavy atom. The minimum atomic E-state index is -4.07. The van der Waals surface area contributed by atoms with Crippen molar-refractivity contribution in [2.24, 2.45) is 40.9 Å². The lowest BCUT2D eigenvalue weighted by atomic mass is 9.50. The Hall–Kier alpha value is -1.40. The molecular weight excluding hydrogens is 391 g/mol. The van der Waals surface area contributed by atoms with Crippen LogP contribution in [-0.2, 0) is 11.2 Å². The second-order valence-corrected chi connectivity index (χ2v) is 10.3. The lowest BCUT2D eigenvalue weighted by molar-refractivity contribution is -0.161. The third-order valence-corrected chi connectivity index (χ3v) is 8.83. The van der Waals surface area contributed by atoms with Crippen LogP contribution >= 0.6 is 0 Å². The third kappa shape index (κ3) is 4.05. The number of aromatic nitrogens is 3. The molecule has 3 fully saturated rings. The van der Waals surface area contributed by atoms with E-state index in [-0.39, 0.29) is 29.0 Å². The van der Waals surface area contributed by atoms with Crippen molar-refractivity contribution in [3.8, 4) is 0 Å². The number of Topliss-reactive ketones (excluding diaryl/α,β-unsaturated/α-hetero) is 1. The van der Waals surface area contributed by atoms with Gasteiger partial charge >= 0.3 is 6.18 Å². The van der Waals surface area contributed by atoms with Crippen LogP contribution < -0.4 is 0 Å². The molecule has 4 rings (SSSR count). The summed E-state index contributed by atoms with van der Waals surface area (Å²) in [5, 5.41) is 6.64. The monoisotopic (exact) mass is 425 g/mol. The molecule has 0 saturated heterocycles. The predicted molar refractivity (Wildman–Crippen MR) is 107 cm³/mol. The topological polar surface area (TPSA) is 58.6 Å². The number of halogens is 3. The molecule has 0 aromatic carbocycles. The molecule has 7 unspecified atom stereocenters. The first-order valence-corrected chi connectivity index (χ1v) is 11.7. The van der Waals surface area contributed by atoms with Crippen molar-refractivity contribution in [3.63, 3.8) is 0 Å². The highest BCUT2D eigenvalue weighted by atomic mass is 19.4. The number of alkyl halides is 3. The maximum Gasteiger partial charge on any atom is 0.389 e. The van der Waals surface area contributed by atoms with E-state index in [0.717, 1.165) is 44.9 Å². The molecule has 0 radical (unpaired) electrons. The molecule has 7 atom stereocenters. The fourth-order valence-corrected chi connectivity index (χ4v) is 7.70. The standard InChI is InChI=1S/C23H34F3N3O/c1-3-4-15-14(12-23(24,25)26)5-6-17-16(15)9-10-22(2)18(17)7-8-19(22)20(30)11-21-27-13-28-29-21/h13-19H,3-12H2,1-2H3,(H,27,28,29). The predicted octanol–water partition coefficient (Wildman–Crippen LogP) is 5.75. The van der Waals surface area contributed by atoms with Gasteiger partial charge in [-0.25, -0.2) is 4.98 Å². The van der Waals surface area contributed by atoms with Crippen LogP contribution in [0.3, 0.4) is 0 Å². The van der Waals surface area contributed by atoms with Crippen molar-refractivity contribution >= 4 is 5.78 Å². The molecule has 3 aliphatic carbocycles. The molecule has 3 saturated carbocycles. The summed E-state index contributed by atoms with van der Waals surface area (Å²) in [6, 6.07) is 0. The number of carbonyl (C=O) groups excluding carboxylic acids is 1. The van der Waals surface area contributed by atoms with Crippen LogP contribution in [0.5, 0.6) is 0 Å². The summed E-state index contributed by atoms with van der Waals surface area (Å²) in [4.78, 5) is 17.2. The Balaban J connectivity index is 1.50. The number of nitrogens with zero attached hydrogens (tertiary/aromatic N) is 2. The average molecular weight is 426 g/mol. The number of ketones is 1. The van der Waals surface area contributed by atoms with Gasteiger partial charge in [0.05, 0.1) is 6.42 Å². The van der Waals surface area contributed by atoms with Crippen LogP contribution in [-0.4, -0.2) is 27.1 Å². The minimum absolute atomic E-state index is 0.0219. The number of hydrogen-bond acceptors (Lipinski definition) is 3. The quantitative estimate of drug-likeness (QED) is 0.631. The second kappa shape index (κ2) is 8.27. The molecular formula is C23H34F3N3O. The molecule has 0 aliphatic heterocycles. The van der Waals surface area contributed by atoms with Gasteiger partial charge in [0.2, 0.25) is 0 Å². The maximum atomic E-state index is 13.2. The van der Waals surface area contributed by atoms with E-state index in [9.17, 15) is 18.0 Å². The number of aromatic amines is 1. The van der Waals surface area contributed by atoms with Crippen molar-refractivity contribution in [2.45, 2.75) is 84.2 Å². The van der Waals surface area contributed by atoms with Gasteiger partial charge in [0.15, 0.2) is 0 Å². The minimum Gasteiger partial charge on any atom is -0.299 e. The number of H-pyrrole nitrogens is 1. The van der Waals surface area contributed by atoms with Gasteiger partial charge < -0.3 is 0 Å². The normalized spacial score (nSPS) is 38.8. The van der Waals surface area contributed by atoms with Crippen molar-refractivity contribution in [2.75, 3.05) is 0 Å². The Morgan fingerprint density at radius 3 is 2.67 bits per heavy atom. The first kappa shape index (κ1) is 21.8. The summed E-state index contributed by atoms with van der Waals surface area (Å²) in [6.07, 6.45) is 4.35. The number of rotatable bonds is 6. The van der Waals surface area contributed by atoms with Gasteiger partial charge in [0.1, 0.15) is 17.9 Å². The SMILES string of the molecule is CCCC1C(CC(F)(F)F)CCC2C1CCC1(C)C(C(=O)Cc3ncn[nH]3)CCC21. The molecule has 7 heteroatoms. The Morgan fingerprint density at radius 2 is 2.00 bits per heavy atom.